The molecular formula is C61H34O2. The van der Waals surface area contributed by atoms with E-state index >= 15 is 0 Å². The maximum absolute atomic E-state index is 7.33. The quantitative estimate of drug-likeness (QED) is 0.163. The van der Waals surface area contributed by atoms with Crippen LogP contribution >= 0.6 is 0 Å². The lowest BCUT2D eigenvalue weighted by molar-refractivity contribution is 0.665. The SMILES string of the molecule is c1ccc2c(c1)-c1ccccc1C21c2ccc3c(oc4ccccc43)c2-c2c1cc(-c1c3ccccc3c(-c3ccc4ccccc4c3)c3ccccc13)c1c2oc2ccccc21. The lowest BCUT2D eigenvalue weighted by Crippen LogP contribution is -2.25. The Balaban J connectivity index is 1.16. The van der Waals surface area contributed by atoms with Crippen molar-refractivity contribution in [1.29, 1.82) is 0 Å². The smallest absolute Gasteiger partial charge is 0.144 e. The maximum atomic E-state index is 7.33. The van der Waals surface area contributed by atoms with Gasteiger partial charge in [0.15, 0.2) is 0 Å². The van der Waals surface area contributed by atoms with E-state index in [1.54, 1.807) is 0 Å². The summed E-state index contributed by atoms with van der Waals surface area (Å²) in [6, 6.07) is 75.9. The van der Waals surface area contributed by atoms with Gasteiger partial charge in [0.2, 0.25) is 0 Å². The van der Waals surface area contributed by atoms with Crippen molar-refractivity contribution >= 4 is 76.2 Å². The molecule has 2 aliphatic rings. The first-order chi connectivity index (χ1) is 31.3. The fourth-order valence-electron chi connectivity index (χ4n) is 12.0. The van der Waals surface area contributed by atoms with Gasteiger partial charge in [-0.25, -0.2) is 0 Å². The van der Waals surface area contributed by atoms with Gasteiger partial charge in [0.1, 0.15) is 22.3 Å². The largest absolute Gasteiger partial charge is 0.455 e. The van der Waals surface area contributed by atoms with E-state index in [9.17, 15) is 0 Å². The van der Waals surface area contributed by atoms with Gasteiger partial charge in [-0.15, -0.1) is 0 Å². The second kappa shape index (κ2) is 12.0. The number of fused-ring (bicyclic) bond motifs is 21. The normalized spacial score (nSPS) is 13.5. The first-order valence-electron chi connectivity index (χ1n) is 21.8. The zero-order chi connectivity index (χ0) is 41.0. The van der Waals surface area contributed by atoms with Gasteiger partial charge in [-0.05, 0) is 112 Å². The highest BCUT2D eigenvalue weighted by molar-refractivity contribution is 6.29. The van der Waals surface area contributed by atoms with Crippen LogP contribution in [0.2, 0.25) is 0 Å². The molecule has 290 valence electrons. The molecule has 0 radical (unpaired) electrons. The molecule has 11 aromatic carbocycles. The Morgan fingerprint density at radius 1 is 0.286 bits per heavy atom. The molecule has 0 unspecified atom stereocenters. The Kier molecular flexibility index (Phi) is 6.38. The van der Waals surface area contributed by atoms with Crippen molar-refractivity contribution in [3.63, 3.8) is 0 Å². The summed E-state index contributed by atoms with van der Waals surface area (Å²) in [5, 5.41) is 11.8. The monoisotopic (exact) mass is 798 g/mol. The van der Waals surface area contributed by atoms with E-state index in [0.29, 0.717) is 0 Å². The first kappa shape index (κ1) is 33.5. The number of benzene rings is 11. The number of furan rings is 2. The molecule has 63 heavy (non-hydrogen) atoms. The van der Waals surface area contributed by atoms with Crippen LogP contribution in [-0.2, 0) is 5.41 Å². The van der Waals surface area contributed by atoms with Crippen molar-refractivity contribution < 1.29 is 8.83 Å². The Morgan fingerprint density at radius 3 is 1.51 bits per heavy atom. The van der Waals surface area contributed by atoms with E-state index in [4.69, 9.17) is 8.83 Å². The summed E-state index contributed by atoms with van der Waals surface area (Å²) in [6.07, 6.45) is 0. The van der Waals surface area contributed by atoms with Crippen molar-refractivity contribution in [2.45, 2.75) is 5.41 Å². The van der Waals surface area contributed by atoms with Gasteiger partial charge >= 0.3 is 0 Å². The van der Waals surface area contributed by atoms with Gasteiger partial charge in [0.25, 0.3) is 0 Å². The molecule has 2 aromatic heterocycles. The van der Waals surface area contributed by atoms with Crippen molar-refractivity contribution in [3.05, 3.63) is 229 Å². The van der Waals surface area contributed by atoms with Crippen LogP contribution in [0.15, 0.2) is 215 Å². The predicted molar refractivity (Wildman–Crippen MR) is 261 cm³/mol. The molecular weight excluding hydrogens is 765 g/mol. The van der Waals surface area contributed by atoms with E-state index < -0.39 is 5.41 Å². The van der Waals surface area contributed by atoms with Crippen LogP contribution in [0.4, 0.5) is 0 Å². The summed E-state index contributed by atoms with van der Waals surface area (Å²) in [5.41, 5.74) is 17.5. The van der Waals surface area contributed by atoms with Crippen LogP contribution in [0.5, 0.6) is 0 Å². The summed E-state index contributed by atoms with van der Waals surface area (Å²) in [5.74, 6) is 0. The van der Waals surface area contributed by atoms with Gasteiger partial charge in [-0.1, -0.05) is 182 Å². The summed E-state index contributed by atoms with van der Waals surface area (Å²) in [6.45, 7) is 0. The molecule has 0 amide bonds. The van der Waals surface area contributed by atoms with Crippen molar-refractivity contribution in [2.24, 2.45) is 0 Å². The van der Waals surface area contributed by atoms with Crippen LogP contribution in [0, 0.1) is 0 Å². The van der Waals surface area contributed by atoms with Crippen LogP contribution in [0.25, 0.3) is 121 Å². The van der Waals surface area contributed by atoms with Crippen LogP contribution in [-0.4, -0.2) is 0 Å². The Labute approximate surface area is 361 Å². The van der Waals surface area contributed by atoms with Gasteiger partial charge < -0.3 is 8.83 Å². The van der Waals surface area contributed by atoms with Crippen LogP contribution in [0.3, 0.4) is 0 Å². The number of rotatable bonds is 2. The molecule has 0 saturated heterocycles. The fraction of sp³-hybridized carbons (Fsp3) is 0.0164. The molecule has 0 N–H and O–H groups in total. The molecule has 0 saturated carbocycles. The highest BCUT2D eigenvalue weighted by Gasteiger charge is 2.54. The topological polar surface area (TPSA) is 26.3 Å². The van der Waals surface area contributed by atoms with Crippen LogP contribution < -0.4 is 0 Å². The first-order valence-corrected chi connectivity index (χ1v) is 21.8. The van der Waals surface area contributed by atoms with Gasteiger partial charge in [0, 0.05) is 32.7 Å². The third kappa shape index (κ3) is 4.14. The number of hydrogen-bond acceptors (Lipinski definition) is 2. The number of para-hydroxylation sites is 2. The second-order valence-corrected chi connectivity index (χ2v) is 17.4. The molecule has 15 rings (SSSR count). The molecule has 0 fully saturated rings. The van der Waals surface area contributed by atoms with Crippen LogP contribution in [0.1, 0.15) is 22.3 Å². The van der Waals surface area contributed by atoms with E-state index in [1.807, 2.05) is 0 Å². The molecule has 13 aromatic rings. The highest BCUT2D eigenvalue weighted by Crippen LogP contribution is 2.66. The van der Waals surface area contributed by atoms with Gasteiger partial charge in [0.05, 0.1) is 5.41 Å². The second-order valence-electron chi connectivity index (χ2n) is 17.4. The third-order valence-corrected chi connectivity index (χ3v) is 14.4. The minimum atomic E-state index is -0.635. The number of hydrogen-bond donors (Lipinski definition) is 0. The minimum absolute atomic E-state index is 0.635. The van der Waals surface area contributed by atoms with Crippen molar-refractivity contribution in [3.8, 4) is 44.5 Å². The Morgan fingerprint density at radius 2 is 0.810 bits per heavy atom. The zero-order valence-electron chi connectivity index (χ0n) is 33.9. The minimum Gasteiger partial charge on any atom is -0.455 e. The third-order valence-electron chi connectivity index (χ3n) is 14.4. The molecule has 1 spiro atoms. The summed E-state index contributed by atoms with van der Waals surface area (Å²) in [4.78, 5) is 0. The molecule has 0 atom stereocenters. The Bertz CT molecular complexity index is 4060. The molecule has 2 nitrogen and oxygen atoms in total. The van der Waals surface area contributed by atoms with E-state index in [-0.39, 0.29) is 0 Å². The maximum Gasteiger partial charge on any atom is 0.144 e. The van der Waals surface area contributed by atoms with Gasteiger partial charge in [-0.2, -0.15) is 0 Å². The molecule has 2 heterocycles. The molecule has 0 aliphatic heterocycles. The van der Waals surface area contributed by atoms with E-state index in [1.165, 1.54) is 88.0 Å². The van der Waals surface area contributed by atoms with Gasteiger partial charge in [-0.3, -0.25) is 0 Å². The summed E-state index contributed by atoms with van der Waals surface area (Å²) >= 11 is 0. The lowest BCUT2D eigenvalue weighted by atomic mass is 9.70. The predicted octanol–water partition coefficient (Wildman–Crippen LogP) is 16.6. The summed E-state index contributed by atoms with van der Waals surface area (Å²) in [7, 11) is 0. The average Bonchev–Trinajstić information content (AvgIpc) is 4.08. The van der Waals surface area contributed by atoms with E-state index in [0.717, 1.165) is 55.0 Å². The zero-order valence-corrected chi connectivity index (χ0v) is 33.9. The average molecular weight is 799 g/mol. The molecule has 0 bridgehead atoms. The van der Waals surface area contributed by atoms with Crippen molar-refractivity contribution in [1.82, 2.24) is 0 Å². The van der Waals surface area contributed by atoms with Crippen molar-refractivity contribution in [2.75, 3.05) is 0 Å². The highest BCUT2D eigenvalue weighted by atomic mass is 16.3. The van der Waals surface area contributed by atoms with E-state index in [2.05, 4.69) is 206 Å². The molecule has 2 aliphatic carbocycles. The lowest BCUT2D eigenvalue weighted by Gasteiger charge is -2.31. The summed E-state index contributed by atoms with van der Waals surface area (Å²) < 4.78 is 14.4. The fourth-order valence-corrected chi connectivity index (χ4v) is 12.0. The Hall–Kier alpha value is -8.20. The molecule has 2 heteroatoms. The standard InChI is InChI=1S/C61H34O2/c1-2-16-36-33-37(30-29-35(36)15-1)54-41-20-3-5-22-43(41)55(44-23-6-4-21-42(44)54)47-34-51-58(60-56(47)46-24-10-14-28-53(46)63-60)57-50(32-31-45-40-19-9-13-27-52(40)62-59(45)57)61(51)48-25-11-7-17-38(48)39-18-8-12-26-49(39)61/h1-34H.